The summed E-state index contributed by atoms with van der Waals surface area (Å²) in [7, 11) is 10.4. The quantitative estimate of drug-likeness (QED) is 0.169. The minimum atomic E-state index is -0.872. The summed E-state index contributed by atoms with van der Waals surface area (Å²) in [6.45, 7) is 14.9. The molecule has 1 aromatic carbocycles. The number of amides is 4. The van der Waals surface area contributed by atoms with Crippen LogP contribution in [0.4, 0.5) is 0 Å². The highest BCUT2D eigenvalue weighted by atomic mass is 16.5. The molecule has 0 aliphatic carbocycles. The van der Waals surface area contributed by atoms with Gasteiger partial charge in [-0.05, 0) is 51.4 Å². The van der Waals surface area contributed by atoms with E-state index in [1.165, 1.54) is 13.5 Å². The third-order valence-electron chi connectivity index (χ3n) is 9.99. The molecule has 1 saturated heterocycles. The first-order chi connectivity index (χ1) is 25.5. The summed E-state index contributed by atoms with van der Waals surface area (Å²) in [5, 5.41) is 5.69. The van der Waals surface area contributed by atoms with Crippen LogP contribution in [-0.2, 0) is 39.9 Å². The SMILES string of the molecule is CC(C)C(C=O)N(C)C.CCC.CCC(C)C(C(CC(=O)N1CCCC1C(OC)C(C)C(=O)NC(Cc1ccccc1)C(N)=O)OC)N(C)C(=O)CNC. The Morgan fingerprint density at radius 1 is 1.00 bits per heavy atom. The van der Waals surface area contributed by atoms with Crippen molar-refractivity contribution >= 4 is 29.9 Å². The fourth-order valence-corrected chi connectivity index (χ4v) is 6.85. The molecule has 0 radical (unpaired) electrons. The summed E-state index contributed by atoms with van der Waals surface area (Å²) in [5.41, 5.74) is 6.50. The lowest BCUT2D eigenvalue weighted by atomic mass is 9.90. The number of rotatable bonds is 20. The van der Waals surface area contributed by atoms with E-state index in [0.29, 0.717) is 18.9 Å². The highest BCUT2D eigenvalue weighted by molar-refractivity contribution is 5.88. The van der Waals surface area contributed by atoms with Crippen molar-refractivity contribution in [1.29, 1.82) is 0 Å². The van der Waals surface area contributed by atoms with Gasteiger partial charge in [-0.3, -0.25) is 24.1 Å². The number of likely N-dealkylation sites (N-methyl/N-ethyl adjacent to an activating group) is 3. The van der Waals surface area contributed by atoms with Gasteiger partial charge in [-0.25, -0.2) is 0 Å². The highest BCUT2D eigenvalue weighted by Gasteiger charge is 2.42. The minimum Gasteiger partial charge on any atom is -0.379 e. The van der Waals surface area contributed by atoms with E-state index in [0.717, 1.165) is 24.7 Å². The standard InChI is InChI=1S/C31H51N5O6.C7H15NO.C3H8/c1-8-20(2)28(35(5)27(38)19-33-4)25(41-6)18-26(37)36-16-12-15-24(36)29(42-7)21(3)31(40)34-23(30(32)39)17-22-13-10-9-11-14-22;1-6(2)7(5-9)8(3)4;1-3-2/h9-11,13-14,20-21,23-25,28-29,33H,8,12,15-19H2,1-7H3,(H2,32,39)(H,34,40);5-7H,1-4H3;3H2,1-2H3. The van der Waals surface area contributed by atoms with E-state index in [1.807, 2.05) is 63.2 Å². The fourth-order valence-electron chi connectivity index (χ4n) is 6.85. The molecule has 8 unspecified atom stereocenters. The molecule has 310 valence electrons. The summed E-state index contributed by atoms with van der Waals surface area (Å²) in [5.74, 6) is -1.30. The smallest absolute Gasteiger partial charge is 0.240 e. The number of primary amides is 1. The lowest BCUT2D eigenvalue weighted by molar-refractivity contribution is -0.145. The molecule has 0 saturated carbocycles. The molecule has 1 fully saturated rings. The molecule has 4 amide bonds. The number of nitrogens with one attached hydrogen (secondary N) is 2. The lowest BCUT2D eigenvalue weighted by Gasteiger charge is -2.39. The monoisotopic (exact) mass is 763 g/mol. The van der Waals surface area contributed by atoms with E-state index in [4.69, 9.17) is 15.2 Å². The number of likely N-dealkylation sites (tertiary alicyclic amines) is 1. The van der Waals surface area contributed by atoms with Crippen molar-refractivity contribution in [1.82, 2.24) is 25.3 Å². The number of aldehydes is 1. The van der Waals surface area contributed by atoms with Crippen LogP contribution < -0.4 is 16.4 Å². The third-order valence-corrected chi connectivity index (χ3v) is 9.99. The van der Waals surface area contributed by atoms with Crippen molar-refractivity contribution in [3.63, 3.8) is 0 Å². The van der Waals surface area contributed by atoms with Crippen molar-refractivity contribution in [2.24, 2.45) is 23.5 Å². The van der Waals surface area contributed by atoms with Gasteiger partial charge in [0.05, 0.1) is 49.2 Å². The van der Waals surface area contributed by atoms with Crippen molar-refractivity contribution in [3.8, 4) is 0 Å². The second kappa shape index (κ2) is 27.2. The van der Waals surface area contributed by atoms with E-state index in [2.05, 4.69) is 38.3 Å². The number of hydrogen-bond acceptors (Lipinski definition) is 9. The van der Waals surface area contributed by atoms with Gasteiger partial charge in [-0.2, -0.15) is 0 Å². The van der Waals surface area contributed by atoms with E-state index < -0.39 is 30.1 Å². The van der Waals surface area contributed by atoms with Crippen molar-refractivity contribution in [2.45, 2.75) is 123 Å². The van der Waals surface area contributed by atoms with Gasteiger partial charge < -0.3 is 40.4 Å². The van der Waals surface area contributed by atoms with Crippen molar-refractivity contribution in [2.75, 3.05) is 55.5 Å². The molecule has 1 heterocycles. The van der Waals surface area contributed by atoms with E-state index in [1.54, 1.807) is 37.9 Å². The molecular weight excluding hydrogens is 688 g/mol. The molecule has 2 rings (SSSR count). The van der Waals surface area contributed by atoms with Gasteiger partial charge in [0.15, 0.2) is 0 Å². The Hall–Kier alpha value is -3.39. The third kappa shape index (κ3) is 16.5. The average Bonchev–Trinajstić information content (AvgIpc) is 3.61. The van der Waals surface area contributed by atoms with E-state index in [9.17, 15) is 24.0 Å². The minimum absolute atomic E-state index is 0.0721. The molecule has 0 bridgehead atoms. The summed E-state index contributed by atoms with van der Waals surface area (Å²) in [4.78, 5) is 67.7. The predicted octanol–water partition coefficient (Wildman–Crippen LogP) is 3.53. The molecule has 0 spiro atoms. The van der Waals surface area contributed by atoms with Crippen LogP contribution in [-0.4, -0.2) is 136 Å². The molecule has 1 aliphatic heterocycles. The Kier molecular flexibility index (Phi) is 25.5. The van der Waals surface area contributed by atoms with Gasteiger partial charge in [0.2, 0.25) is 23.6 Å². The molecule has 1 aromatic rings. The maximum atomic E-state index is 13.8. The Bertz CT molecular complexity index is 1230. The first kappa shape index (κ1) is 50.6. The van der Waals surface area contributed by atoms with Gasteiger partial charge in [0, 0.05) is 34.2 Å². The van der Waals surface area contributed by atoms with Gasteiger partial charge in [0.25, 0.3) is 0 Å². The Balaban J connectivity index is 0.00000201. The highest BCUT2D eigenvalue weighted by Crippen LogP contribution is 2.29. The van der Waals surface area contributed by atoms with Gasteiger partial charge in [0.1, 0.15) is 12.3 Å². The van der Waals surface area contributed by atoms with Crippen LogP contribution in [0.25, 0.3) is 0 Å². The van der Waals surface area contributed by atoms with Gasteiger partial charge in [-0.15, -0.1) is 0 Å². The molecule has 4 N–H and O–H groups in total. The number of ether oxygens (including phenoxy) is 2. The number of nitrogens with zero attached hydrogens (tertiary/aromatic N) is 3. The van der Waals surface area contributed by atoms with E-state index >= 15 is 0 Å². The summed E-state index contributed by atoms with van der Waals surface area (Å²) < 4.78 is 11.7. The van der Waals surface area contributed by atoms with Crippen molar-refractivity contribution in [3.05, 3.63) is 35.9 Å². The maximum absolute atomic E-state index is 13.8. The Labute approximate surface area is 326 Å². The average molecular weight is 763 g/mol. The van der Waals surface area contributed by atoms with Crippen molar-refractivity contribution < 1.29 is 33.4 Å². The first-order valence-electron chi connectivity index (χ1n) is 19.5. The number of benzene rings is 1. The summed E-state index contributed by atoms with van der Waals surface area (Å²) in [6.07, 6.45) is 3.79. The molecular formula is C41H74N6O7. The second-order valence-electron chi connectivity index (χ2n) is 14.9. The van der Waals surface area contributed by atoms with Crippen LogP contribution in [0.3, 0.4) is 0 Å². The topological polar surface area (TPSA) is 164 Å². The molecule has 13 heteroatoms. The number of nitrogens with two attached hydrogens (primary N) is 1. The van der Waals surface area contributed by atoms with Crippen LogP contribution >= 0.6 is 0 Å². The molecule has 8 atom stereocenters. The normalized spacial score (nSPS) is 17.8. The molecule has 13 nitrogen and oxygen atoms in total. The van der Waals surface area contributed by atoms with Gasteiger partial charge >= 0.3 is 0 Å². The zero-order chi connectivity index (χ0) is 41.5. The number of carbonyl (C=O) groups is 5. The number of methoxy groups -OCH3 is 2. The van der Waals surface area contributed by atoms with Crippen LogP contribution in [0.1, 0.15) is 86.1 Å². The molecule has 54 heavy (non-hydrogen) atoms. The number of hydrogen-bond donors (Lipinski definition) is 3. The predicted molar refractivity (Wildman–Crippen MR) is 216 cm³/mol. The van der Waals surface area contributed by atoms with Crippen LogP contribution in [0.2, 0.25) is 0 Å². The zero-order valence-corrected chi connectivity index (χ0v) is 35.6. The lowest BCUT2D eigenvalue weighted by Crippen LogP contribution is -2.55. The number of carbonyl (C=O) groups excluding carboxylic acids is 5. The fraction of sp³-hybridized carbons (Fsp3) is 0.732. The van der Waals surface area contributed by atoms with Gasteiger partial charge in [-0.1, -0.05) is 91.6 Å². The largest absolute Gasteiger partial charge is 0.379 e. The maximum Gasteiger partial charge on any atom is 0.240 e. The first-order valence-corrected chi connectivity index (χ1v) is 19.5. The van der Waals surface area contributed by atoms with Crippen LogP contribution in [0, 0.1) is 17.8 Å². The van der Waals surface area contributed by atoms with Crippen LogP contribution in [0.5, 0.6) is 0 Å². The molecule has 0 aromatic heterocycles. The molecule has 1 aliphatic rings. The Morgan fingerprint density at radius 3 is 2.02 bits per heavy atom. The Morgan fingerprint density at radius 2 is 1.59 bits per heavy atom. The summed E-state index contributed by atoms with van der Waals surface area (Å²) in [6, 6.07) is 7.94. The second-order valence-corrected chi connectivity index (χ2v) is 14.9. The van der Waals surface area contributed by atoms with Crippen LogP contribution in [0.15, 0.2) is 30.3 Å². The zero-order valence-electron chi connectivity index (χ0n) is 35.6. The summed E-state index contributed by atoms with van der Waals surface area (Å²) >= 11 is 0. The van der Waals surface area contributed by atoms with E-state index in [-0.39, 0.29) is 61.2 Å².